The van der Waals surface area contributed by atoms with Gasteiger partial charge in [0.1, 0.15) is 0 Å². The van der Waals surface area contributed by atoms with Crippen LogP contribution in [0.25, 0.3) is 0 Å². The smallest absolute Gasteiger partial charge is 0.0727 e. The molecule has 1 saturated heterocycles. The van der Waals surface area contributed by atoms with Gasteiger partial charge in [-0.3, -0.25) is 0 Å². The van der Waals surface area contributed by atoms with Crippen LogP contribution in [0.2, 0.25) is 0 Å². The molecular formula is C14H24N2OS. The first-order chi connectivity index (χ1) is 8.70. The summed E-state index contributed by atoms with van der Waals surface area (Å²) < 4.78 is 5.81. The molecule has 2 heterocycles. The minimum Gasteiger partial charge on any atom is -0.377 e. The van der Waals surface area contributed by atoms with Gasteiger partial charge in [-0.15, -0.1) is 11.3 Å². The molecule has 18 heavy (non-hydrogen) atoms. The molecule has 1 fully saturated rings. The lowest BCUT2D eigenvalue weighted by Crippen LogP contribution is -2.26. The number of hydrogen-bond donors (Lipinski definition) is 1. The van der Waals surface area contributed by atoms with Crippen LogP contribution in [0.15, 0.2) is 6.07 Å². The maximum Gasteiger partial charge on any atom is 0.0727 e. The minimum atomic E-state index is 0.637. The molecular weight excluding hydrogens is 244 g/mol. The molecule has 0 saturated carbocycles. The molecule has 0 aromatic carbocycles. The molecule has 1 aliphatic rings. The topological polar surface area (TPSA) is 38.5 Å². The van der Waals surface area contributed by atoms with E-state index in [4.69, 9.17) is 10.5 Å². The number of nitrogens with two attached hydrogens (primary N) is 1. The van der Waals surface area contributed by atoms with Crippen LogP contribution in [0.4, 0.5) is 0 Å². The Bertz CT molecular complexity index is 378. The van der Waals surface area contributed by atoms with Gasteiger partial charge in [-0.2, -0.15) is 0 Å². The summed E-state index contributed by atoms with van der Waals surface area (Å²) in [5, 5.41) is 0. The van der Waals surface area contributed by atoms with E-state index in [1.807, 2.05) is 0 Å². The molecule has 102 valence electrons. The lowest BCUT2D eigenvalue weighted by Gasteiger charge is -2.18. The molecule has 1 aliphatic heterocycles. The Hall–Kier alpha value is -0.420. The Labute approximate surface area is 114 Å². The maximum atomic E-state index is 5.81. The average molecular weight is 268 g/mol. The second-order valence-electron chi connectivity index (χ2n) is 5.12. The Morgan fingerprint density at radius 2 is 2.39 bits per heavy atom. The van der Waals surface area contributed by atoms with Crippen LogP contribution in [0.5, 0.6) is 0 Å². The largest absolute Gasteiger partial charge is 0.377 e. The van der Waals surface area contributed by atoms with Crippen LogP contribution in [0, 0.1) is 6.92 Å². The summed E-state index contributed by atoms with van der Waals surface area (Å²) >= 11 is 1.78. The molecule has 1 atom stereocenters. The van der Waals surface area contributed by atoms with Gasteiger partial charge in [0.15, 0.2) is 0 Å². The summed E-state index contributed by atoms with van der Waals surface area (Å²) in [5.41, 5.74) is 6.95. The first-order valence-electron chi connectivity index (χ1n) is 6.77. The van der Waals surface area contributed by atoms with Crippen molar-refractivity contribution in [1.82, 2.24) is 4.90 Å². The first kappa shape index (κ1) is 14.0. The van der Waals surface area contributed by atoms with E-state index in [9.17, 15) is 0 Å². The second-order valence-corrected chi connectivity index (χ2v) is 6.46. The standard InChI is InChI=1S/C14H24N2OS/c1-11-12(8-14(9-15)18-11)10-17-7-5-13-4-3-6-16(13)2/h8,13H,3-7,9-10,15H2,1-2H3. The number of nitrogens with zero attached hydrogens (tertiary/aromatic N) is 1. The highest BCUT2D eigenvalue weighted by molar-refractivity contribution is 7.12. The third kappa shape index (κ3) is 3.54. The molecule has 0 aliphatic carbocycles. The number of aryl methyl sites for hydroxylation is 1. The van der Waals surface area contributed by atoms with Gasteiger partial charge in [-0.05, 0) is 51.4 Å². The van der Waals surface area contributed by atoms with Gasteiger partial charge >= 0.3 is 0 Å². The molecule has 2 N–H and O–H groups in total. The average Bonchev–Trinajstić information content (AvgIpc) is 2.92. The first-order valence-corrected chi connectivity index (χ1v) is 7.58. The molecule has 1 aromatic heterocycles. The van der Waals surface area contributed by atoms with Crippen molar-refractivity contribution in [2.24, 2.45) is 5.73 Å². The van der Waals surface area contributed by atoms with Gasteiger partial charge in [0, 0.05) is 28.9 Å². The molecule has 1 unspecified atom stereocenters. The number of ether oxygens (including phenoxy) is 1. The fourth-order valence-corrected chi connectivity index (χ4v) is 3.50. The van der Waals surface area contributed by atoms with Crippen LogP contribution < -0.4 is 5.73 Å². The van der Waals surface area contributed by atoms with Gasteiger partial charge in [0.2, 0.25) is 0 Å². The number of thiophene rings is 1. The zero-order valence-corrected chi connectivity index (χ0v) is 12.3. The van der Waals surface area contributed by atoms with E-state index < -0.39 is 0 Å². The fraction of sp³-hybridized carbons (Fsp3) is 0.714. The van der Waals surface area contributed by atoms with E-state index in [1.54, 1.807) is 11.3 Å². The zero-order valence-electron chi connectivity index (χ0n) is 11.4. The van der Waals surface area contributed by atoms with Gasteiger partial charge in [-0.1, -0.05) is 0 Å². The fourth-order valence-electron chi connectivity index (χ4n) is 2.58. The van der Waals surface area contributed by atoms with Crippen molar-refractivity contribution < 1.29 is 4.74 Å². The summed E-state index contributed by atoms with van der Waals surface area (Å²) in [5.74, 6) is 0. The molecule has 3 nitrogen and oxygen atoms in total. The molecule has 0 bridgehead atoms. The number of rotatable bonds is 6. The zero-order chi connectivity index (χ0) is 13.0. The summed E-state index contributed by atoms with van der Waals surface area (Å²) in [6.07, 6.45) is 3.82. The molecule has 0 spiro atoms. The highest BCUT2D eigenvalue weighted by atomic mass is 32.1. The second kappa shape index (κ2) is 6.66. The minimum absolute atomic E-state index is 0.637. The van der Waals surface area contributed by atoms with Crippen LogP contribution >= 0.6 is 11.3 Å². The third-order valence-electron chi connectivity index (χ3n) is 3.80. The Morgan fingerprint density at radius 3 is 3.00 bits per heavy atom. The SMILES string of the molecule is Cc1sc(CN)cc1COCCC1CCCN1C. The van der Waals surface area contributed by atoms with E-state index in [-0.39, 0.29) is 0 Å². The summed E-state index contributed by atoms with van der Waals surface area (Å²) in [6, 6.07) is 2.91. The number of hydrogen-bond acceptors (Lipinski definition) is 4. The van der Waals surface area contributed by atoms with E-state index in [2.05, 4.69) is 24.9 Å². The van der Waals surface area contributed by atoms with Gasteiger partial charge in [0.05, 0.1) is 6.61 Å². The monoisotopic (exact) mass is 268 g/mol. The Morgan fingerprint density at radius 1 is 1.56 bits per heavy atom. The van der Waals surface area contributed by atoms with Crippen LogP contribution in [0.3, 0.4) is 0 Å². The van der Waals surface area contributed by atoms with Crippen molar-refractivity contribution in [3.05, 3.63) is 21.4 Å². The predicted molar refractivity (Wildman–Crippen MR) is 76.9 cm³/mol. The highest BCUT2D eigenvalue weighted by Crippen LogP contribution is 2.22. The van der Waals surface area contributed by atoms with Crippen molar-refractivity contribution >= 4 is 11.3 Å². The Kier molecular flexibility index (Phi) is 5.18. The summed E-state index contributed by atoms with van der Waals surface area (Å²) in [7, 11) is 2.22. The highest BCUT2D eigenvalue weighted by Gasteiger charge is 2.20. The lowest BCUT2D eigenvalue weighted by atomic mass is 10.1. The predicted octanol–water partition coefficient (Wildman–Crippen LogP) is 2.52. The van der Waals surface area contributed by atoms with Crippen LogP contribution in [-0.4, -0.2) is 31.1 Å². The van der Waals surface area contributed by atoms with Gasteiger partial charge in [0.25, 0.3) is 0 Å². The third-order valence-corrected chi connectivity index (χ3v) is 4.91. The van der Waals surface area contributed by atoms with E-state index in [0.29, 0.717) is 6.54 Å². The van der Waals surface area contributed by atoms with Gasteiger partial charge < -0.3 is 15.4 Å². The lowest BCUT2D eigenvalue weighted by molar-refractivity contribution is 0.101. The molecule has 2 rings (SSSR count). The number of likely N-dealkylation sites (tertiary alicyclic amines) is 1. The molecule has 4 heteroatoms. The quantitative estimate of drug-likeness (QED) is 0.806. The van der Waals surface area contributed by atoms with Crippen LogP contribution in [-0.2, 0) is 17.9 Å². The van der Waals surface area contributed by atoms with E-state index in [1.165, 1.54) is 34.7 Å². The van der Waals surface area contributed by atoms with Crippen molar-refractivity contribution in [2.45, 2.75) is 45.4 Å². The van der Waals surface area contributed by atoms with Gasteiger partial charge in [-0.25, -0.2) is 0 Å². The normalized spacial score (nSPS) is 20.7. The Balaban J connectivity index is 1.70. The van der Waals surface area contributed by atoms with E-state index >= 15 is 0 Å². The summed E-state index contributed by atoms with van der Waals surface area (Å²) in [6.45, 7) is 5.63. The van der Waals surface area contributed by atoms with Crippen molar-refractivity contribution in [3.63, 3.8) is 0 Å². The molecule has 0 amide bonds. The van der Waals surface area contributed by atoms with Crippen LogP contribution in [0.1, 0.15) is 34.6 Å². The molecule has 1 aromatic rings. The van der Waals surface area contributed by atoms with Crippen molar-refractivity contribution in [3.8, 4) is 0 Å². The summed E-state index contributed by atoms with van der Waals surface area (Å²) in [4.78, 5) is 5.04. The van der Waals surface area contributed by atoms with E-state index in [0.717, 1.165) is 25.7 Å². The van der Waals surface area contributed by atoms with Crippen molar-refractivity contribution in [2.75, 3.05) is 20.2 Å². The maximum absolute atomic E-state index is 5.81. The van der Waals surface area contributed by atoms with Crippen molar-refractivity contribution in [1.29, 1.82) is 0 Å². The molecule has 0 radical (unpaired) electrons.